The van der Waals surface area contributed by atoms with E-state index in [0.29, 0.717) is 0 Å². The summed E-state index contributed by atoms with van der Waals surface area (Å²) in [5.41, 5.74) is 12.4. The monoisotopic (exact) mass is 681 g/mol. The van der Waals surface area contributed by atoms with Crippen molar-refractivity contribution in [3.8, 4) is 11.1 Å². The van der Waals surface area contributed by atoms with E-state index in [-0.39, 0.29) is 0 Å². The Morgan fingerprint density at radius 1 is 0.404 bits per heavy atom. The first kappa shape index (κ1) is 29.3. The Balaban J connectivity index is 1.30. The van der Waals surface area contributed by atoms with Crippen LogP contribution in [0.4, 0.5) is 17.1 Å². The van der Waals surface area contributed by atoms with Gasteiger partial charge in [-0.3, -0.25) is 0 Å². The average molecular weight is 682 g/mol. The molecule has 0 fully saturated rings. The highest BCUT2D eigenvalue weighted by Gasteiger charge is 2.47. The van der Waals surface area contributed by atoms with Crippen molar-refractivity contribution >= 4 is 70.5 Å². The maximum atomic E-state index is 6.45. The predicted octanol–water partition coefficient (Wildman–Crippen LogP) is 13.8. The summed E-state index contributed by atoms with van der Waals surface area (Å²) in [7, 11) is 0. The molecule has 11 rings (SSSR count). The van der Waals surface area contributed by atoms with E-state index in [1.807, 2.05) is 17.4 Å². The van der Waals surface area contributed by atoms with Gasteiger partial charge in [0.2, 0.25) is 0 Å². The second-order valence-electron chi connectivity index (χ2n) is 13.6. The Morgan fingerprint density at radius 2 is 0.942 bits per heavy atom. The molecule has 2 heterocycles. The number of nitrogens with zero attached hydrogens (tertiary/aromatic N) is 1. The van der Waals surface area contributed by atoms with Crippen LogP contribution in [0.15, 0.2) is 192 Å². The van der Waals surface area contributed by atoms with Gasteiger partial charge in [-0.15, -0.1) is 11.3 Å². The molecule has 0 radical (unpaired) electrons. The quantitative estimate of drug-likeness (QED) is 0.180. The van der Waals surface area contributed by atoms with E-state index in [4.69, 9.17) is 4.42 Å². The highest BCUT2D eigenvalue weighted by atomic mass is 32.1. The summed E-state index contributed by atoms with van der Waals surface area (Å²) < 4.78 is 8.98. The van der Waals surface area contributed by atoms with Gasteiger partial charge >= 0.3 is 0 Å². The fourth-order valence-electron chi connectivity index (χ4n) is 8.95. The minimum atomic E-state index is -0.520. The Bertz CT molecular complexity index is 2930. The molecule has 2 nitrogen and oxygen atoms in total. The van der Waals surface area contributed by atoms with E-state index in [1.165, 1.54) is 53.6 Å². The van der Waals surface area contributed by atoms with Gasteiger partial charge in [-0.2, -0.15) is 0 Å². The number of furan rings is 1. The molecule has 2 aromatic heterocycles. The maximum absolute atomic E-state index is 6.45. The molecule has 0 bridgehead atoms. The molecular formula is C49H31NOS. The summed E-state index contributed by atoms with van der Waals surface area (Å²) in [6, 6.07) is 68.5. The molecule has 0 saturated heterocycles. The van der Waals surface area contributed by atoms with Crippen molar-refractivity contribution in [2.45, 2.75) is 5.41 Å². The second-order valence-corrected chi connectivity index (χ2v) is 14.6. The number of rotatable bonds is 5. The summed E-state index contributed by atoms with van der Waals surface area (Å²) in [5, 5.41) is 4.76. The van der Waals surface area contributed by atoms with Crippen LogP contribution in [0.3, 0.4) is 0 Å². The SMILES string of the molecule is c1ccc(N(c2cccc3oc4ccccc4c23)c2cccc3sc4cccc(C5(c6ccccc6)c6ccccc6-c6ccccc65)c4c23)cc1. The molecule has 0 unspecified atom stereocenters. The first-order valence-corrected chi connectivity index (χ1v) is 18.6. The zero-order valence-electron chi connectivity index (χ0n) is 28.2. The highest BCUT2D eigenvalue weighted by Crippen LogP contribution is 2.59. The molecule has 0 saturated carbocycles. The molecular weight excluding hydrogens is 651 g/mol. The largest absolute Gasteiger partial charge is 0.456 e. The number of hydrogen-bond acceptors (Lipinski definition) is 3. The zero-order valence-corrected chi connectivity index (χ0v) is 29.0. The summed E-state index contributed by atoms with van der Waals surface area (Å²) in [4.78, 5) is 2.45. The minimum absolute atomic E-state index is 0.520. The fourth-order valence-corrected chi connectivity index (χ4v) is 10.1. The van der Waals surface area contributed by atoms with Crippen LogP contribution in [0.1, 0.15) is 22.3 Å². The molecule has 8 aromatic carbocycles. The molecule has 0 N–H and O–H groups in total. The molecule has 0 spiro atoms. The normalized spacial score (nSPS) is 13.2. The van der Waals surface area contributed by atoms with Crippen LogP contribution >= 0.6 is 11.3 Å². The first-order valence-electron chi connectivity index (χ1n) is 17.8. The van der Waals surface area contributed by atoms with Gasteiger partial charge in [-0.1, -0.05) is 140 Å². The predicted molar refractivity (Wildman–Crippen MR) is 219 cm³/mol. The lowest BCUT2D eigenvalue weighted by Crippen LogP contribution is -2.28. The van der Waals surface area contributed by atoms with Crippen molar-refractivity contribution in [2.75, 3.05) is 4.90 Å². The van der Waals surface area contributed by atoms with Gasteiger partial charge in [0.15, 0.2) is 0 Å². The van der Waals surface area contributed by atoms with Crippen LogP contribution in [0.25, 0.3) is 53.2 Å². The van der Waals surface area contributed by atoms with E-state index < -0.39 is 5.41 Å². The molecule has 1 aliphatic rings. The molecule has 0 aliphatic heterocycles. The molecule has 10 aromatic rings. The smallest absolute Gasteiger partial charge is 0.137 e. The van der Waals surface area contributed by atoms with Crippen LogP contribution in [-0.2, 0) is 5.41 Å². The Morgan fingerprint density at radius 3 is 1.69 bits per heavy atom. The Hall–Kier alpha value is -6.42. The average Bonchev–Trinajstić information content (AvgIpc) is 3.88. The van der Waals surface area contributed by atoms with Gasteiger partial charge < -0.3 is 9.32 Å². The van der Waals surface area contributed by atoms with Crippen LogP contribution in [0, 0.1) is 0 Å². The lowest BCUT2D eigenvalue weighted by Gasteiger charge is -2.35. The second kappa shape index (κ2) is 11.3. The van der Waals surface area contributed by atoms with Gasteiger partial charge in [0.05, 0.1) is 22.2 Å². The topological polar surface area (TPSA) is 16.4 Å². The van der Waals surface area contributed by atoms with Crippen molar-refractivity contribution in [1.29, 1.82) is 0 Å². The number of hydrogen-bond donors (Lipinski definition) is 0. The van der Waals surface area contributed by atoms with Gasteiger partial charge in [0, 0.05) is 31.2 Å². The third-order valence-corrected chi connectivity index (χ3v) is 12.1. The van der Waals surface area contributed by atoms with Gasteiger partial charge in [-0.25, -0.2) is 0 Å². The van der Waals surface area contributed by atoms with E-state index in [9.17, 15) is 0 Å². The summed E-state index contributed by atoms with van der Waals surface area (Å²) in [6.45, 7) is 0. The molecule has 0 atom stereocenters. The van der Waals surface area contributed by atoms with Crippen LogP contribution < -0.4 is 4.90 Å². The molecule has 244 valence electrons. The van der Waals surface area contributed by atoms with Gasteiger partial charge in [0.1, 0.15) is 11.2 Å². The first-order chi connectivity index (χ1) is 25.8. The molecule has 1 aliphatic carbocycles. The van der Waals surface area contributed by atoms with E-state index in [0.717, 1.165) is 39.0 Å². The molecule has 52 heavy (non-hydrogen) atoms. The Kier molecular flexibility index (Phi) is 6.37. The Labute approximate surface area is 305 Å². The van der Waals surface area contributed by atoms with Crippen molar-refractivity contribution in [3.63, 3.8) is 0 Å². The lowest BCUT2D eigenvalue weighted by atomic mass is 9.66. The van der Waals surface area contributed by atoms with E-state index >= 15 is 0 Å². The van der Waals surface area contributed by atoms with Gasteiger partial charge in [-0.05, 0) is 81.9 Å². The molecule has 0 amide bonds. The minimum Gasteiger partial charge on any atom is -0.456 e. The molecule has 3 heteroatoms. The lowest BCUT2D eigenvalue weighted by molar-refractivity contribution is 0.669. The van der Waals surface area contributed by atoms with E-state index in [1.54, 1.807) is 0 Å². The third kappa shape index (κ3) is 4.00. The summed E-state index contributed by atoms with van der Waals surface area (Å²) >= 11 is 1.88. The number of benzene rings is 8. The standard InChI is InChI=1S/C49H31NOS/c1-3-16-32(17-4-1)49(37-23-10-7-20-34(37)35-21-8-11-24-38(35)49)39-25-13-30-44-47(39)48-41(27-15-31-45(48)52-44)50(33-18-5-2-6-19-33)40-26-14-29-43-46(40)36-22-9-12-28-42(36)51-43/h1-31H. The van der Waals surface area contributed by atoms with Crippen LogP contribution in [-0.4, -0.2) is 0 Å². The third-order valence-electron chi connectivity index (χ3n) is 10.9. The van der Waals surface area contributed by atoms with Crippen molar-refractivity contribution in [1.82, 2.24) is 0 Å². The van der Waals surface area contributed by atoms with Crippen LogP contribution in [0.5, 0.6) is 0 Å². The number of thiophene rings is 1. The van der Waals surface area contributed by atoms with Crippen molar-refractivity contribution in [2.24, 2.45) is 0 Å². The summed E-state index contributed by atoms with van der Waals surface area (Å²) in [5.74, 6) is 0. The van der Waals surface area contributed by atoms with Crippen molar-refractivity contribution in [3.05, 3.63) is 210 Å². The number of para-hydroxylation sites is 2. The summed E-state index contributed by atoms with van der Waals surface area (Å²) in [6.07, 6.45) is 0. The van der Waals surface area contributed by atoms with Gasteiger partial charge in [0.25, 0.3) is 0 Å². The fraction of sp³-hybridized carbons (Fsp3) is 0.0204. The van der Waals surface area contributed by atoms with Crippen molar-refractivity contribution < 1.29 is 4.42 Å². The zero-order chi connectivity index (χ0) is 34.2. The number of fused-ring (bicyclic) bond motifs is 9. The van der Waals surface area contributed by atoms with E-state index in [2.05, 4.69) is 187 Å². The number of anilines is 3. The van der Waals surface area contributed by atoms with Crippen LogP contribution in [0.2, 0.25) is 0 Å². The maximum Gasteiger partial charge on any atom is 0.137 e. The highest BCUT2D eigenvalue weighted by molar-refractivity contribution is 7.26.